The summed E-state index contributed by atoms with van der Waals surface area (Å²) >= 11 is 0. The van der Waals surface area contributed by atoms with E-state index in [4.69, 9.17) is 9.47 Å². The number of ether oxygens (including phenoxy) is 2. The number of carbonyl (C=O) groups excluding carboxylic acids is 3. The van der Waals surface area contributed by atoms with Crippen molar-refractivity contribution < 1.29 is 29.0 Å². The van der Waals surface area contributed by atoms with Crippen molar-refractivity contribution in [2.24, 2.45) is 11.8 Å². The highest BCUT2D eigenvalue weighted by Crippen LogP contribution is 2.63. The Morgan fingerprint density at radius 3 is 2.51 bits per heavy atom. The Morgan fingerprint density at radius 2 is 1.85 bits per heavy atom. The first-order valence-corrected chi connectivity index (χ1v) is 13.6. The minimum atomic E-state index is -1.17. The van der Waals surface area contributed by atoms with E-state index in [1.54, 1.807) is 31.2 Å². The number of benzene rings is 2. The van der Waals surface area contributed by atoms with Crippen molar-refractivity contribution in [1.82, 2.24) is 4.90 Å². The van der Waals surface area contributed by atoms with Crippen molar-refractivity contribution in [3.63, 3.8) is 0 Å². The second-order valence-corrected chi connectivity index (χ2v) is 11.3. The highest BCUT2D eigenvalue weighted by atomic mass is 16.5. The topological polar surface area (TPSA) is 117 Å². The summed E-state index contributed by atoms with van der Waals surface area (Å²) in [6, 6.07) is 11.2. The van der Waals surface area contributed by atoms with Crippen molar-refractivity contribution in [3.8, 4) is 5.75 Å². The Morgan fingerprint density at radius 1 is 1.13 bits per heavy atom. The second-order valence-electron chi connectivity index (χ2n) is 11.3. The van der Waals surface area contributed by atoms with E-state index in [2.05, 4.69) is 10.6 Å². The standard InChI is InChI=1S/C30H37N3O6/c1-6-38-21-11-9-20(10-12-21)31-26(35)23-24-28(37)33(19(4)16-34)25(30(24)14-13-29(23,5)39-30)27(36)32-22-15-17(2)7-8-18(22)3/h7-12,15,19,23-25,34H,6,13-14,16H2,1-5H3,(H,31,35)(H,32,36)/t19-,23-,24+,25?,29+,30?/m1/s1. The molecule has 0 radical (unpaired) electrons. The first-order valence-electron chi connectivity index (χ1n) is 13.6. The molecular weight excluding hydrogens is 498 g/mol. The molecule has 9 heteroatoms. The lowest BCUT2D eigenvalue weighted by molar-refractivity contribution is -0.146. The first kappa shape index (κ1) is 27.1. The van der Waals surface area contributed by atoms with Crippen LogP contribution in [0.5, 0.6) is 5.75 Å². The van der Waals surface area contributed by atoms with Crippen LogP contribution in [-0.4, -0.2) is 64.2 Å². The van der Waals surface area contributed by atoms with Crippen LogP contribution in [-0.2, 0) is 19.1 Å². The summed E-state index contributed by atoms with van der Waals surface area (Å²) in [4.78, 5) is 43.2. The van der Waals surface area contributed by atoms with Crippen molar-refractivity contribution in [3.05, 3.63) is 53.6 Å². The lowest BCUT2D eigenvalue weighted by Gasteiger charge is -2.35. The molecule has 3 aliphatic rings. The molecule has 9 nitrogen and oxygen atoms in total. The third kappa shape index (κ3) is 4.37. The minimum Gasteiger partial charge on any atom is -0.494 e. The smallest absolute Gasteiger partial charge is 0.250 e. The molecular formula is C30H37N3O6. The molecule has 208 valence electrons. The third-order valence-corrected chi connectivity index (χ3v) is 8.57. The van der Waals surface area contributed by atoms with E-state index in [1.165, 1.54) is 4.90 Å². The first-order chi connectivity index (χ1) is 18.5. The summed E-state index contributed by atoms with van der Waals surface area (Å²) in [5.41, 5.74) is 1.06. The van der Waals surface area contributed by atoms with Gasteiger partial charge >= 0.3 is 0 Å². The molecule has 2 aromatic rings. The Bertz CT molecular complexity index is 1300. The van der Waals surface area contributed by atoms with E-state index in [9.17, 15) is 19.5 Å². The van der Waals surface area contributed by atoms with Gasteiger partial charge in [-0.25, -0.2) is 0 Å². The normalized spacial score (nSPS) is 29.7. The van der Waals surface area contributed by atoms with Gasteiger partial charge in [0.05, 0.1) is 36.7 Å². The number of carbonyl (C=O) groups is 3. The Balaban J connectivity index is 1.48. The van der Waals surface area contributed by atoms with Crippen molar-refractivity contribution in [2.75, 3.05) is 23.8 Å². The third-order valence-electron chi connectivity index (χ3n) is 8.57. The van der Waals surface area contributed by atoms with E-state index in [1.807, 2.05) is 45.9 Å². The number of likely N-dealkylation sites (tertiary alicyclic amines) is 1. The lowest BCUT2D eigenvalue weighted by Crippen LogP contribution is -2.55. The molecule has 3 heterocycles. The molecule has 0 aliphatic carbocycles. The maximum absolute atomic E-state index is 14.0. The molecule has 3 N–H and O–H groups in total. The number of aryl methyl sites for hydroxylation is 2. The van der Waals surface area contributed by atoms with Crippen LogP contribution in [0.2, 0.25) is 0 Å². The van der Waals surface area contributed by atoms with Crippen LogP contribution in [0.3, 0.4) is 0 Å². The molecule has 3 fully saturated rings. The molecule has 0 aromatic heterocycles. The van der Waals surface area contributed by atoms with Gasteiger partial charge in [0.1, 0.15) is 17.4 Å². The fourth-order valence-corrected chi connectivity index (χ4v) is 6.72. The molecule has 5 rings (SSSR count). The van der Waals surface area contributed by atoms with Gasteiger partial charge in [0.15, 0.2) is 0 Å². The van der Waals surface area contributed by atoms with Gasteiger partial charge in [-0.2, -0.15) is 0 Å². The van der Waals surface area contributed by atoms with E-state index in [0.29, 0.717) is 36.6 Å². The zero-order valence-electron chi connectivity index (χ0n) is 23.1. The number of fused-ring (bicyclic) bond motifs is 1. The molecule has 3 aliphatic heterocycles. The molecule has 3 amide bonds. The zero-order valence-corrected chi connectivity index (χ0v) is 23.1. The van der Waals surface area contributed by atoms with E-state index in [0.717, 1.165) is 11.1 Å². The van der Waals surface area contributed by atoms with Gasteiger partial charge in [-0.05, 0) is 88.9 Å². The second kappa shape index (κ2) is 9.95. The van der Waals surface area contributed by atoms with Crippen LogP contribution >= 0.6 is 0 Å². The predicted molar refractivity (Wildman–Crippen MR) is 146 cm³/mol. The SMILES string of the molecule is CCOc1ccc(NC(=O)[C@H]2[C@H]3C(=O)N([C@H](C)CO)C(C(=O)Nc4cc(C)ccc4C)C34CC[C@]2(C)O4)cc1. The van der Waals surface area contributed by atoms with Crippen LogP contribution < -0.4 is 15.4 Å². The van der Waals surface area contributed by atoms with Gasteiger partial charge in [0, 0.05) is 11.4 Å². The number of anilines is 2. The number of nitrogens with zero attached hydrogens (tertiary/aromatic N) is 1. The molecule has 2 unspecified atom stereocenters. The van der Waals surface area contributed by atoms with Crippen LogP contribution in [0.25, 0.3) is 0 Å². The molecule has 1 spiro atoms. The molecule has 39 heavy (non-hydrogen) atoms. The van der Waals surface area contributed by atoms with Crippen LogP contribution in [0.1, 0.15) is 44.7 Å². The minimum absolute atomic E-state index is 0.317. The maximum atomic E-state index is 14.0. The molecule has 2 bridgehead atoms. The van der Waals surface area contributed by atoms with E-state index in [-0.39, 0.29) is 24.3 Å². The summed E-state index contributed by atoms with van der Waals surface area (Å²) in [7, 11) is 0. The Hall–Kier alpha value is -3.43. The summed E-state index contributed by atoms with van der Waals surface area (Å²) < 4.78 is 12.1. The number of aliphatic hydroxyl groups excluding tert-OH is 1. The van der Waals surface area contributed by atoms with Crippen LogP contribution in [0.4, 0.5) is 11.4 Å². The van der Waals surface area contributed by atoms with Crippen molar-refractivity contribution in [1.29, 1.82) is 0 Å². The van der Waals surface area contributed by atoms with Crippen LogP contribution in [0.15, 0.2) is 42.5 Å². The predicted octanol–water partition coefficient (Wildman–Crippen LogP) is 3.42. The number of hydrogen-bond acceptors (Lipinski definition) is 6. The largest absolute Gasteiger partial charge is 0.494 e. The molecule has 6 atom stereocenters. The van der Waals surface area contributed by atoms with E-state index < -0.39 is 35.1 Å². The highest BCUT2D eigenvalue weighted by Gasteiger charge is 2.78. The van der Waals surface area contributed by atoms with Gasteiger partial charge in [0.2, 0.25) is 17.7 Å². The van der Waals surface area contributed by atoms with Crippen LogP contribution in [0, 0.1) is 25.7 Å². The molecule has 0 saturated carbocycles. The number of nitrogens with one attached hydrogen (secondary N) is 2. The fourth-order valence-electron chi connectivity index (χ4n) is 6.72. The van der Waals surface area contributed by atoms with Gasteiger partial charge < -0.3 is 30.1 Å². The highest BCUT2D eigenvalue weighted by molar-refractivity contribution is 6.05. The monoisotopic (exact) mass is 535 g/mol. The quantitative estimate of drug-likeness (QED) is 0.477. The van der Waals surface area contributed by atoms with Gasteiger partial charge in [0.25, 0.3) is 0 Å². The summed E-state index contributed by atoms with van der Waals surface area (Å²) in [5, 5.41) is 16.0. The van der Waals surface area contributed by atoms with Crippen molar-refractivity contribution >= 4 is 29.1 Å². The average molecular weight is 536 g/mol. The number of rotatable bonds is 8. The van der Waals surface area contributed by atoms with Crippen molar-refractivity contribution in [2.45, 2.75) is 70.7 Å². The van der Waals surface area contributed by atoms with Gasteiger partial charge in [-0.3, -0.25) is 14.4 Å². The van der Waals surface area contributed by atoms with E-state index >= 15 is 0 Å². The fraction of sp³-hybridized carbons (Fsp3) is 0.500. The summed E-state index contributed by atoms with van der Waals surface area (Å²) in [6.45, 7) is 9.53. The number of hydrogen-bond donors (Lipinski definition) is 3. The van der Waals surface area contributed by atoms with Gasteiger partial charge in [-0.1, -0.05) is 12.1 Å². The Kier molecular flexibility index (Phi) is 6.93. The maximum Gasteiger partial charge on any atom is 0.250 e. The summed E-state index contributed by atoms with van der Waals surface area (Å²) in [5.74, 6) is -1.99. The zero-order chi connectivity index (χ0) is 28.1. The molecule has 2 aromatic carbocycles. The number of aliphatic hydroxyl groups is 1. The Labute approximate surface area is 228 Å². The number of amides is 3. The summed E-state index contributed by atoms with van der Waals surface area (Å²) in [6.07, 6.45) is 0.999. The van der Waals surface area contributed by atoms with Gasteiger partial charge in [-0.15, -0.1) is 0 Å². The average Bonchev–Trinajstić information content (AvgIpc) is 3.47. The lowest BCUT2D eigenvalue weighted by atomic mass is 9.66. The molecule has 3 saturated heterocycles.